The van der Waals surface area contributed by atoms with Gasteiger partial charge in [0, 0.05) is 13.1 Å². The fourth-order valence-corrected chi connectivity index (χ4v) is 2.31. The Kier molecular flexibility index (Phi) is 4.95. The molecule has 0 aromatic heterocycles. The van der Waals surface area contributed by atoms with Gasteiger partial charge in [0.1, 0.15) is 6.04 Å². The van der Waals surface area contributed by atoms with Gasteiger partial charge in [-0.25, -0.2) is 0 Å². The van der Waals surface area contributed by atoms with Gasteiger partial charge >= 0.3 is 5.97 Å². The quantitative estimate of drug-likeness (QED) is 0.754. The fourth-order valence-electron chi connectivity index (χ4n) is 2.31. The molecular weight excluding hydrogens is 216 g/mol. The van der Waals surface area contributed by atoms with Crippen molar-refractivity contribution in [1.82, 2.24) is 4.90 Å². The van der Waals surface area contributed by atoms with E-state index in [-0.39, 0.29) is 5.97 Å². The van der Waals surface area contributed by atoms with Gasteiger partial charge in [0.25, 0.3) is 0 Å². The third-order valence-electron chi connectivity index (χ3n) is 3.54. The fraction of sp³-hybridized carbons (Fsp3) is 0.923. The molecule has 0 amide bonds. The molecule has 2 unspecified atom stereocenters. The summed E-state index contributed by atoms with van der Waals surface area (Å²) < 4.78 is 4.92. The molecule has 0 spiro atoms. The molecule has 4 heteroatoms. The Hall–Kier alpha value is -0.610. The zero-order chi connectivity index (χ0) is 13.1. The number of esters is 1. The molecule has 2 N–H and O–H groups in total. The molecule has 1 heterocycles. The smallest absolute Gasteiger partial charge is 0.324 e. The average molecular weight is 242 g/mol. The second-order valence-electron chi connectivity index (χ2n) is 5.97. The zero-order valence-corrected chi connectivity index (χ0v) is 11.5. The first-order valence-corrected chi connectivity index (χ1v) is 6.49. The second-order valence-corrected chi connectivity index (χ2v) is 5.97. The van der Waals surface area contributed by atoms with Crippen LogP contribution in [0.25, 0.3) is 0 Å². The monoisotopic (exact) mass is 242 g/mol. The van der Waals surface area contributed by atoms with E-state index in [9.17, 15) is 4.79 Å². The summed E-state index contributed by atoms with van der Waals surface area (Å²) in [7, 11) is 0. The highest BCUT2D eigenvalue weighted by Crippen LogP contribution is 2.33. The molecule has 0 radical (unpaired) electrons. The first-order chi connectivity index (χ1) is 7.84. The number of likely N-dealkylation sites (tertiary alicyclic amines) is 1. The minimum Gasteiger partial charge on any atom is -0.465 e. The van der Waals surface area contributed by atoms with E-state index in [0.717, 1.165) is 13.1 Å². The van der Waals surface area contributed by atoms with Crippen molar-refractivity contribution < 1.29 is 9.53 Å². The highest BCUT2D eigenvalue weighted by Gasteiger charge is 2.33. The standard InChI is InChI=1S/C13H26N2O2/c1-5-17-12(16)11(14)9-15-7-6-10(8-15)13(2,3)4/h10-11H,5-9,14H2,1-4H3. The highest BCUT2D eigenvalue weighted by molar-refractivity contribution is 5.75. The van der Waals surface area contributed by atoms with Crippen molar-refractivity contribution in [3.63, 3.8) is 0 Å². The van der Waals surface area contributed by atoms with Crippen molar-refractivity contribution in [3.05, 3.63) is 0 Å². The summed E-state index contributed by atoms with van der Waals surface area (Å²) >= 11 is 0. The van der Waals surface area contributed by atoms with E-state index < -0.39 is 6.04 Å². The molecule has 1 fully saturated rings. The third-order valence-corrected chi connectivity index (χ3v) is 3.54. The van der Waals surface area contributed by atoms with Crippen LogP contribution in [-0.4, -0.2) is 43.2 Å². The van der Waals surface area contributed by atoms with Crippen LogP contribution in [0.5, 0.6) is 0 Å². The molecule has 17 heavy (non-hydrogen) atoms. The van der Waals surface area contributed by atoms with E-state index >= 15 is 0 Å². The Morgan fingerprint density at radius 3 is 2.65 bits per heavy atom. The van der Waals surface area contributed by atoms with Crippen LogP contribution in [0.15, 0.2) is 0 Å². The van der Waals surface area contributed by atoms with Crippen molar-refractivity contribution in [2.75, 3.05) is 26.2 Å². The summed E-state index contributed by atoms with van der Waals surface area (Å²) in [5.41, 5.74) is 6.16. The van der Waals surface area contributed by atoms with Gasteiger partial charge in [-0.1, -0.05) is 20.8 Å². The molecule has 2 atom stereocenters. The third kappa shape index (κ3) is 4.28. The maximum Gasteiger partial charge on any atom is 0.324 e. The van der Waals surface area contributed by atoms with Crippen LogP contribution in [0.4, 0.5) is 0 Å². The lowest BCUT2D eigenvalue weighted by Crippen LogP contribution is -2.43. The van der Waals surface area contributed by atoms with E-state index in [4.69, 9.17) is 10.5 Å². The topological polar surface area (TPSA) is 55.6 Å². The lowest BCUT2D eigenvalue weighted by atomic mass is 9.80. The number of nitrogens with two attached hydrogens (primary N) is 1. The molecule has 1 aliphatic heterocycles. The Labute approximate surface area is 104 Å². The number of nitrogens with zero attached hydrogens (tertiary/aromatic N) is 1. The highest BCUT2D eigenvalue weighted by atomic mass is 16.5. The van der Waals surface area contributed by atoms with Crippen LogP contribution in [0, 0.1) is 11.3 Å². The maximum atomic E-state index is 11.4. The van der Waals surface area contributed by atoms with Gasteiger partial charge in [0.05, 0.1) is 6.61 Å². The first kappa shape index (κ1) is 14.5. The SMILES string of the molecule is CCOC(=O)C(N)CN1CCC(C(C)(C)C)C1. The summed E-state index contributed by atoms with van der Waals surface area (Å²) in [4.78, 5) is 13.7. The van der Waals surface area contributed by atoms with Gasteiger partial charge in [0.2, 0.25) is 0 Å². The minimum atomic E-state index is -0.506. The van der Waals surface area contributed by atoms with Crippen LogP contribution in [0.2, 0.25) is 0 Å². The van der Waals surface area contributed by atoms with E-state index in [2.05, 4.69) is 25.7 Å². The van der Waals surface area contributed by atoms with E-state index in [1.165, 1.54) is 6.42 Å². The summed E-state index contributed by atoms with van der Waals surface area (Å²) in [6, 6.07) is -0.506. The molecule has 0 aliphatic carbocycles. The first-order valence-electron chi connectivity index (χ1n) is 6.49. The molecule has 0 bridgehead atoms. The Morgan fingerprint density at radius 2 is 2.18 bits per heavy atom. The summed E-state index contributed by atoms with van der Waals surface area (Å²) in [6.45, 7) is 11.7. The summed E-state index contributed by atoms with van der Waals surface area (Å²) in [6.07, 6.45) is 1.19. The Balaban J connectivity index is 2.37. The van der Waals surface area contributed by atoms with Crippen LogP contribution >= 0.6 is 0 Å². The van der Waals surface area contributed by atoms with Gasteiger partial charge in [-0.2, -0.15) is 0 Å². The largest absolute Gasteiger partial charge is 0.465 e. The number of rotatable bonds is 4. The van der Waals surface area contributed by atoms with Crippen molar-refractivity contribution >= 4 is 5.97 Å². The van der Waals surface area contributed by atoms with Crippen molar-refractivity contribution in [2.45, 2.75) is 40.2 Å². The molecule has 4 nitrogen and oxygen atoms in total. The molecule has 0 aromatic rings. The van der Waals surface area contributed by atoms with Gasteiger partial charge < -0.3 is 15.4 Å². The number of ether oxygens (including phenoxy) is 1. The number of carbonyl (C=O) groups excluding carboxylic acids is 1. The maximum absolute atomic E-state index is 11.4. The number of hydrogen-bond acceptors (Lipinski definition) is 4. The van der Waals surface area contributed by atoms with E-state index in [1.54, 1.807) is 6.92 Å². The molecule has 1 rings (SSSR count). The molecule has 100 valence electrons. The van der Waals surface area contributed by atoms with Crippen molar-refractivity contribution in [2.24, 2.45) is 17.1 Å². The molecule has 0 aromatic carbocycles. The molecular formula is C13H26N2O2. The predicted molar refractivity (Wildman–Crippen MR) is 68.6 cm³/mol. The van der Waals surface area contributed by atoms with Gasteiger partial charge in [-0.3, -0.25) is 4.79 Å². The van der Waals surface area contributed by atoms with Gasteiger partial charge in [-0.05, 0) is 31.2 Å². The zero-order valence-electron chi connectivity index (χ0n) is 11.5. The second kappa shape index (κ2) is 5.83. The van der Waals surface area contributed by atoms with Gasteiger partial charge in [-0.15, -0.1) is 0 Å². The van der Waals surface area contributed by atoms with Crippen molar-refractivity contribution in [1.29, 1.82) is 0 Å². The molecule has 1 aliphatic rings. The lowest BCUT2D eigenvalue weighted by Gasteiger charge is -2.27. The van der Waals surface area contributed by atoms with Crippen LogP contribution in [-0.2, 0) is 9.53 Å². The number of carbonyl (C=O) groups is 1. The molecule has 0 saturated carbocycles. The predicted octanol–water partition coefficient (Wildman–Crippen LogP) is 1.24. The minimum absolute atomic E-state index is 0.285. The van der Waals surface area contributed by atoms with Crippen LogP contribution in [0.3, 0.4) is 0 Å². The van der Waals surface area contributed by atoms with Crippen molar-refractivity contribution in [3.8, 4) is 0 Å². The van der Waals surface area contributed by atoms with Crippen LogP contribution in [0.1, 0.15) is 34.1 Å². The molecule has 1 saturated heterocycles. The Morgan fingerprint density at radius 1 is 1.53 bits per heavy atom. The summed E-state index contributed by atoms with van der Waals surface area (Å²) in [5, 5.41) is 0. The number of hydrogen-bond donors (Lipinski definition) is 1. The van der Waals surface area contributed by atoms with Gasteiger partial charge in [0.15, 0.2) is 0 Å². The summed E-state index contributed by atoms with van der Waals surface area (Å²) in [5.74, 6) is 0.406. The van der Waals surface area contributed by atoms with E-state index in [1.807, 2.05) is 0 Å². The van der Waals surface area contributed by atoms with Crippen LogP contribution < -0.4 is 5.73 Å². The van der Waals surface area contributed by atoms with E-state index in [0.29, 0.717) is 24.5 Å². The normalized spacial score (nSPS) is 23.7. The Bertz CT molecular complexity index is 261. The average Bonchev–Trinajstić information content (AvgIpc) is 2.66. The lowest BCUT2D eigenvalue weighted by molar-refractivity contribution is -0.145.